The van der Waals surface area contributed by atoms with Gasteiger partial charge in [-0.15, -0.1) is 0 Å². The lowest BCUT2D eigenvalue weighted by atomic mass is 10.0. The monoisotopic (exact) mass is 1050 g/mol. The van der Waals surface area contributed by atoms with Gasteiger partial charge in [0.1, 0.15) is 19.8 Å². The molecule has 0 saturated carbocycles. The van der Waals surface area contributed by atoms with Crippen LogP contribution in [0, 0.1) is 0 Å². The Morgan fingerprint density at radius 2 is 0.743 bits per heavy atom. The molecule has 10 heteroatoms. The van der Waals surface area contributed by atoms with Crippen molar-refractivity contribution in [3.05, 3.63) is 134 Å². The van der Waals surface area contributed by atoms with Crippen LogP contribution in [0.25, 0.3) is 0 Å². The second-order valence-electron chi connectivity index (χ2n) is 19.9. The SMILES string of the molecule is CC/C=C\C/C=C\C/C=C\C/C=C\C/C=C\C/C=C\CCCCCCCCCCCCCCCCC(=O)OC(COC(=O)CCC/C=C\C/C=C\C/C=C\C/C=C\C/C=C\CC)COP(=O)([O-])OCC[N+](C)(C)C. The van der Waals surface area contributed by atoms with Crippen molar-refractivity contribution < 1.29 is 42.1 Å². The molecule has 0 N–H and O–H groups in total. The Morgan fingerprint density at radius 1 is 0.419 bits per heavy atom. The zero-order valence-corrected chi connectivity index (χ0v) is 48.4. The minimum Gasteiger partial charge on any atom is -0.756 e. The summed E-state index contributed by atoms with van der Waals surface area (Å²) in [6, 6.07) is 0. The molecule has 0 aliphatic heterocycles. The zero-order chi connectivity index (χ0) is 54.2. The highest BCUT2D eigenvalue weighted by atomic mass is 31.2. The fourth-order valence-electron chi connectivity index (χ4n) is 7.28. The first kappa shape index (κ1) is 70.1. The van der Waals surface area contributed by atoms with Crippen molar-refractivity contribution in [3.63, 3.8) is 0 Å². The highest BCUT2D eigenvalue weighted by Crippen LogP contribution is 2.38. The van der Waals surface area contributed by atoms with Gasteiger partial charge in [-0.1, -0.05) is 225 Å². The highest BCUT2D eigenvalue weighted by molar-refractivity contribution is 7.45. The van der Waals surface area contributed by atoms with Gasteiger partial charge in [-0.05, 0) is 103 Å². The van der Waals surface area contributed by atoms with Gasteiger partial charge in [0.2, 0.25) is 0 Å². The number of hydrogen-bond acceptors (Lipinski definition) is 8. The van der Waals surface area contributed by atoms with Gasteiger partial charge in [0.05, 0.1) is 27.7 Å². The van der Waals surface area contributed by atoms with Gasteiger partial charge in [0.25, 0.3) is 7.82 Å². The molecule has 0 aromatic heterocycles. The second kappa shape index (κ2) is 54.0. The van der Waals surface area contributed by atoms with Gasteiger partial charge in [-0.2, -0.15) is 0 Å². The van der Waals surface area contributed by atoms with E-state index in [0.717, 1.165) is 96.3 Å². The fraction of sp³-hybridized carbons (Fsp3) is 0.625. The maximum atomic E-state index is 12.8. The quantitative estimate of drug-likeness (QED) is 0.0195. The van der Waals surface area contributed by atoms with Crippen LogP contribution in [0.15, 0.2) is 134 Å². The summed E-state index contributed by atoms with van der Waals surface area (Å²) in [6.45, 7) is 3.93. The highest BCUT2D eigenvalue weighted by Gasteiger charge is 2.21. The minimum absolute atomic E-state index is 0.0463. The largest absolute Gasteiger partial charge is 0.756 e. The second-order valence-corrected chi connectivity index (χ2v) is 21.3. The molecule has 2 unspecified atom stereocenters. The third kappa shape index (κ3) is 57.4. The first-order chi connectivity index (χ1) is 36.0. The molecular formula is C64H106NO8P. The predicted molar refractivity (Wildman–Crippen MR) is 314 cm³/mol. The number of phosphoric acid groups is 1. The van der Waals surface area contributed by atoms with Crippen molar-refractivity contribution in [3.8, 4) is 0 Å². The maximum absolute atomic E-state index is 12.8. The van der Waals surface area contributed by atoms with Crippen LogP contribution in [0.1, 0.15) is 206 Å². The van der Waals surface area contributed by atoms with Gasteiger partial charge in [-0.3, -0.25) is 14.2 Å². The lowest BCUT2D eigenvalue weighted by molar-refractivity contribution is -0.870. The molecule has 0 rings (SSSR count). The molecular weight excluding hydrogens is 942 g/mol. The first-order valence-corrected chi connectivity index (χ1v) is 30.4. The number of likely N-dealkylation sites (N-methyl/N-ethyl adjacent to an activating group) is 1. The third-order valence-electron chi connectivity index (χ3n) is 11.7. The summed E-state index contributed by atoms with van der Waals surface area (Å²) in [6.07, 6.45) is 78.0. The van der Waals surface area contributed by atoms with Crippen molar-refractivity contribution in [1.29, 1.82) is 0 Å². The number of rotatable bonds is 51. The van der Waals surface area contributed by atoms with E-state index in [1.54, 1.807) is 0 Å². The predicted octanol–water partition coefficient (Wildman–Crippen LogP) is 17.5. The number of phosphoric ester groups is 1. The lowest BCUT2D eigenvalue weighted by Gasteiger charge is -2.28. The summed E-state index contributed by atoms with van der Waals surface area (Å²) < 4.78 is 34.0. The van der Waals surface area contributed by atoms with E-state index in [1.165, 1.54) is 70.6 Å². The molecule has 0 aromatic carbocycles. The first-order valence-electron chi connectivity index (χ1n) is 28.9. The summed E-state index contributed by atoms with van der Waals surface area (Å²) >= 11 is 0. The van der Waals surface area contributed by atoms with Crippen molar-refractivity contribution in [2.24, 2.45) is 0 Å². The lowest BCUT2D eigenvalue weighted by Crippen LogP contribution is -2.37. The van der Waals surface area contributed by atoms with E-state index in [1.807, 2.05) is 21.1 Å². The Hall–Kier alpha value is -3.85. The molecule has 0 amide bonds. The van der Waals surface area contributed by atoms with Crippen LogP contribution in [0.2, 0.25) is 0 Å². The number of unbranched alkanes of at least 4 members (excludes halogenated alkanes) is 15. The molecule has 0 aromatic rings. The Morgan fingerprint density at radius 3 is 1.12 bits per heavy atom. The van der Waals surface area contributed by atoms with Crippen LogP contribution < -0.4 is 4.89 Å². The maximum Gasteiger partial charge on any atom is 0.306 e. The van der Waals surface area contributed by atoms with Crippen molar-refractivity contribution in [2.75, 3.05) is 47.5 Å². The van der Waals surface area contributed by atoms with Crippen LogP contribution in [-0.2, 0) is 32.7 Å². The molecule has 420 valence electrons. The van der Waals surface area contributed by atoms with E-state index < -0.39 is 32.5 Å². The van der Waals surface area contributed by atoms with Crippen LogP contribution in [-0.4, -0.2) is 70.0 Å². The molecule has 0 bridgehead atoms. The van der Waals surface area contributed by atoms with Crippen molar-refractivity contribution in [1.82, 2.24) is 0 Å². The number of carbonyl (C=O) groups excluding carboxylic acids is 2. The zero-order valence-electron chi connectivity index (χ0n) is 47.5. The molecule has 0 aliphatic rings. The number of carbonyl (C=O) groups is 2. The normalized spacial score (nSPS) is 14.3. The topological polar surface area (TPSA) is 111 Å². The fourth-order valence-corrected chi connectivity index (χ4v) is 8.01. The molecule has 0 radical (unpaired) electrons. The van der Waals surface area contributed by atoms with E-state index in [0.29, 0.717) is 23.9 Å². The summed E-state index contributed by atoms with van der Waals surface area (Å²) in [5.74, 6) is -0.911. The van der Waals surface area contributed by atoms with Crippen molar-refractivity contribution in [2.45, 2.75) is 213 Å². The summed E-state index contributed by atoms with van der Waals surface area (Å²) in [5, 5.41) is 0. The molecule has 9 nitrogen and oxygen atoms in total. The number of allylic oxidation sites excluding steroid dienone is 22. The molecule has 0 aliphatic carbocycles. The van der Waals surface area contributed by atoms with E-state index in [9.17, 15) is 19.0 Å². The molecule has 0 fully saturated rings. The van der Waals surface area contributed by atoms with E-state index in [4.69, 9.17) is 18.5 Å². The molecule has 2 atom stereocenters. The number of nitrogens with zero attached hydrogens (tertiary/aromatic N) is 1. The third-order valence-corrected chi connectivity index (χ3v) is 12.6. The van der Waals surface area contributed by atoms with E-state index >= 15 is 0 Å². The molecule has 74 heavy (non-hydrogen) atoms. The molecule has 0 saturated heterocycles. The van der Waals surface area contributed by atoms with Gasteiger partial charge < -0.3 is 27.9 Å². The van der Waals surface area contributed by atoms with Crippen LogP contribution in [0.5, 0.6) is 0 Å². The minimum atomic E-state index is -4.66. The average molecular weight is 1050 g/mol. The number of ether oxygens (including phenoxy) is 2. The Kier molecular flexibility index (Phi) is 51.2. The Labute approximate surface area is 453 Å². The average Bonchev–Trinajstić information content (AvgIpc) is 3.36. The summed E-state index contributed by atoms with van der Waals surface area (Å²) in [5.41, 5.74) is 0. The van der Waals surface area contributed by atoms with Gasteiger partial charge in [0, 0.05) is 12.8 Å². The Balaban J connectivity index is 4.18. The van der Waals surface area contributed by atoms with E-state index in [2.05, 4.69) is 148 Å². The number of hydrogen-bond donors (Lipinski definition) is 0. The van der Waals surface area contributed by atoms with Crippen LogP contribution in [0.4, 0.5) is 0 Å². The summed E-state index contributed by atoms with van der Waals surface area (Å²) in [4.78, 5) is 37.8. The summed E-state index contributed by atoms with van der Waals surface area (Å²) in [7, 11) is 1.12. The number of esters is 2. The van der Waals surface area contributed by atoms with Gasteiger partial charge in [-0.25, -0.2) is 0 Å². The van der Waals surface area contributed by atoms with Gasteiger partial charge >= 0.3 is 11.9 Å². The smallest absolute Gasteiger partial charge is 0.306 e. The van der Waals surface area contributed by atoms with Crippen molar-refractivity contribution >= 4 is 19.8 Å². The molecule has 0 heterocycles. The van der Waals surface area contributed by atoms with Crippen LogP contribution >= 0.6 is 7.82 Å². The van der Waals surface area contributed by atoms with Gasteiger partial charge in [0.15, 0.2) is 6.10 Å². The van der Waals surface area contributed by atoms with E-state index in [-0.39, 0.29) is 26.1 Å². The number of quaternary nitrogens is 1. The van der Waals surface area contributed by atoms with Crippen LogP contribution in [0.3, 0.4) is 0 Å². The standard InChI is InChI=1S/C64H106NO8P/c1-6-8-10-12-14-16-18-20-22-24-25-26-27-28-29-30-31-32-33-34-35-36-37-38-39-41-43-45-47-49-51-53-55-57-64(67)73-62(61-72-74(68,69)71-59-58-65(3,4)5)60-70-63(66)56-54-52-50-48-46-44-42-40-23-21-19-17-15-13-11-9-7-2/h8-11,14-17,20-23,25-26,28-29,31-32,42,44,48,50,62H,6-7,12-13,18-19,24,27,30,33-41,43,45-47,49,51-61H2,1-5H3/b10-8-,11-9-,16-14-,17-15-,22-20-,23-21-,26-25-,29-28-,32-31-,44-42-,50-48-. The Bertz CT molecular complexity index is 1710. The molecule has 0 spiro atoms.